The number of hydrogen-bond acceptors (Lipinski definition) is 7. The van der Waals surface area contributed by atoms with Gasteiger partial charge in [0.1, 0.15) is 5.25 Å². The number of rotatable bonds is 7. The second-order valence-electron chi connectivity index (χ2n) is 6.09. The molecule has 156 valence electrons. The lowest BCUT2D eigenvalue weighted by Crippen LogP contribution is -2.28. The Morgan fingerprint density at radius 1 is 1.23 bits per heavy atom. The Bertz CT molecular complexity index is 995. The molecule has 30 heavy (non-hydrogen) atoms. The Kier molecular flexibility index (Phi) is 7.31. The molecule has 1 aliphatic rings. The molecule has 0 unspecified atom stereocenters. The highest BCUT2D eigenvalue weighted by molar-refractivity contribution is 8.15. The fourth-order valence-electron chi connectivity index (χ4n) is 2.66. The quantitative estimate of drug-likeness (QED) is 0.502. The van der Waals surface area contributed by atoms with Gasteiger partial charge in [-0.25, -0.2) is 0 Å². The minimum absolute atomic E-state index is 0.00552. The molecule has 1 saturated heterocycles. The van der Waals surface area contributed by atoms with E-state index in [1.807, 2.05) is 0 Å². The number of thioether (sulfide) groups is 1. The van der Waals surface area contributed by atoms with E-state index in [9.17, 15) is 9.59 Å². The molecule has 2 aromatic carbocycles. The first-order chi connectivity index (χ1) is 14.5. The molecule has 1 atom stereocenters. The first-order valence-electron chi connectivity index (χ1n) is 8.85. The van der Waals surface area contributed by atoms with E-state index in [1.54, 1.807) is 49.6 Å². The second kappa shape index (κ2) is 10.1. The second-order valence-corrected chi connectivity index (χ2v) is 7.72. The Hall–Kier alpha value is -3.04. The van der Waals surface area contributed by atoms with Crippen molar-refractivity contribution in [1.29, 1.82) is 0 Å². The number of para-hydroxylation sites is 1. The molecule has 8 nitrogen and oxygen atoms in total. The normalized spacial score (nSPS) is 17.2. The SMILES string of the molecule is COc1cccc(/C=N\N=C2\NC(=O)[C@H](CC(=O)Nc3ccc(Cl)cc3)S2)c1OC. The van der Waals surface area contributed by atoms with Crippen molar-refractivity contribution in [2.75, 3.05) is 19.5 Å². The van der Waals surface area contributed by atoms with E-state index in [0.29, 0.717) is 32.9 Å². The van der Waals surface area contributed by atoms with Gasteiger partial charge in [-0.1, -0.05) is 29.4 Å². The molecule has 2 aromatic rings. The predicted octanol–water partition coefficient (Wildman–Crippen LogP) is 3.31. The molecule has 0 bridgehead atoms. The smallest absolute Gasteiger partial charge is 0.240 e. The fraction of sp³-hybridized carbons (Fsp3) is 0.200. The zero-order chi connectivity index (χ0) is 21.5. The molecule has 2 N–H and O–H groups in total. The molecule has 0 spiro atoms. The van der Waals surface area contributed by atoms with Gasteiger partial charge in [-0.3, -0.25) is 9.59 Å². The minimum Gasteiger partial charge on any atom is -0.493 e. The van der Waals surface area contributed by atoms with Crippen LogP contribution in [-0.2, 0) is 9.59 Å². The van der Waals surface area contributed by atoms with Crippen molar-refractivity contribution in [3.05, 3.63) is 53.1 Å². The molecule has 1 fully saturated rings. The first kappa shape index (κ1) is 21.7. The van der Waals surface area contributed by atoms with Crippen LogP contribution in [0.3, 0.4) is 0 Å². The van der Waals surface area contributed by atoms with Crippen molar-refractivity contribution in [1.82, 2.24) is 5.32 Å². The van der Waals surface area contributed by atoms with Crippen LogP contribution in [0.1, 0.15) is 12.0 Å². The summed E-state index contributed by atoms with van der Waals surface area (Å²) in [5.41, 5.74) is 1.29. The average molecular weight is 447 g/mol. The van der Waals surface area contributed by atoms with Gasteiger partial charge in [0.2, 0.25) is 11.8 Å². The summed E-state index contributed by atoms with van der Waals surface area (Å²) in [5, 5.41) is 13.7. The number of nitrogens with zero attached hydrogens (tertiary/aromatic N) is 2. The number of amides is 2. The van der Waals surface area contributed by atoms with Crippen LogP contribution < -0.4 is 20.1 Å². The highest BCUT2D eigenvalue weighted by Crippen LogP contribution is 2.29. The number of anilines is 1. The topological polar surface area (TPSA) is 101 Å². The summed E-state index contributed by atoms with van der Waals surface area (Å²) in [6, 6.07) is 12.1. The van der Waals surface area contributed by atoms with Gasteiger partial charge in [0.25, 0.3) is 0 Å². The molecule has 2 amide bonds. The lowest BCUT2D eigenvalue weighted by Gasteiger charge is -2.08. The maximum absolute atomic E-state index is 12.2. The van der Waals surface area contributed by atoms with Crippen molar-refractivity contribution in [2.24, 2.45) is 10.2 Å². The van der Waals surface area contributed by atoms with Crippen LogP contribution >= 0.6 is 23.4 Å². The molecule has 10 heteroatoms. The van der Waals surface area contributed by atoms with Gasteiger partial charge in [0, 0.05) is 22.7 Å². The molecular formula is C20H19ClN4O4S. The summed E-state index contributed by atoms with van der Waals surface area (Å²) in [4.78, 5) is 24.3. The van der Waals surface area contributed by atoms with Gasteiger partial charge in [0.15, 0.2) is 16.7 Å². The van der Waals surface area contributed by atoms with Crippen molar-refractivity contribution < 1.29 is 19.1 Å². The Morgan fingerprint density at radius 2 is 2.00 bits per heavy atom. The number of methoxy groups -OCH3 is 2. The van der Waals surface area contributed by atoms with Crippen LogP contribution in [0.5, 0.6) is 11.5 Å². The molecule has 0 aliphatic carbocycles. The number of carbonyl (C=O) groups excluding carboxylic acids is 2. The van der Waals surface area contributed by atoms with E-state index < -0.39 is 5.25 Å². The van der Waals surface area contributed by atoms with Crippen LogP contribution in [0.25, 0.3) is 0 Å². The van der Waals surface area contributed by atoms with E-state index in [2.05, 4.69) is 20.8 Å². The van der Waals surface area contributed by atoms with Crippen molar-refractivity contribution >= 4 is 52.2 Å². The van der Waals surface area contributed by atoms with Gasteiger partial charge < -0.3 is 20.1 Å². The van der Waals surface area contributed by atoms with Crippen LogP contribution in [0.2, 0.25) is 5.02 Å². The predicted molar refractivity (Wildman–Crippen MR) is 119 cm³/mol. The number of amidine groups is 1. The molecule has 0 saturated carbocycles. The fourth-order valence-corrected chi connectivity index (χ4v) is 3.71. The van der Waals surface area contributed by atoms with Crippen LogP contribution in [-0.4, -0.2) is 42.7 Å². The molecule has 1 heterocycles. The largest absolute Gasteiger partial charge is 0.493 e. The zero-order valence-corrected chi connectivity index (χ0v) is 17.8. The highest BCUT2D eigenvalue weighted by Gasteiger charge is 2.32. The number of carbonyl (C=O) groups is 2. The van der Waals surface area contributed by atoms with Gasteiger partial charge >= 0.3 is 0 Å². The summed E-state index contributed by atoms with van der Waals surface area (Å²) in [7, 11) is 3.08. The Morgan fingerprint density at radius 3 is 2.70 bits per heavy atom. The molecule has 0 radical (unpaired) electrons. The van der Waals surface area contributed by atoms with Crippen LogP contribution in [0.4, 0.5) is 5.69 Å². The third kappa shape index (κ3) is 5.52. The lowest BCUT2D eigenvalue weighted by molar-refractivity contribution is -0.122. The summed E-state index contributed by atoms with van der Waals surface area (Å²) in [6.45, 7) is 0. The van der Waals surface area contributed by atoms with E-state index in [1.165, 1.54) is 13.3 Å². The summed E-state index contributed by atoms with van der Waals surface area (Å²) in [5.74, 6) is 0.531. The summed E-state index contributed by atoms with van der Waals surface area (Å²) in [6.07, 6.45) is 1.51. The van der Waals surface area contributed by atoms with Crippen LogP contribution in [0, 0.1) is 0 Å². The van der Waals surface area contributed by atoms with Crippen molar-refractivity contribution in [3.8, 4) is 11.5 Å². The van der Waals surface area contributed by atoms with Gasteiger partial charge in [-0.05, 0) is 36.4 Å². The van der Waals surface area contributed by atoms with Crippen molar-refractivity contribution in [3.63, 3.8) is 0 Å². The van der Waals surface area contributed by atoms with Gasteiger partial charge in [-0.2, -0.15) is 5.10 Å². The van der Waals surface area contributed by atoms with Crippen LogP contribution in [0.15, 0.2) is 52.7 Å². The lowest BCUT2D eigenvalue weighted by atomic mass is 10.2. The number of ether oxygens (including phenoxy) is 2. The summed E-state index contributed by atoms with van der Waals surface area (Å²) >= 11 is 6.98. The number of benzene rings is 2. The van der Waals surface area contributed by atoms with Crippen molar-refractivity contribution in [2.45, 2.75) is 11.7 Å². The molecule has 3 rings (SSSR count). The maximum Gasteiger partial charge on any atom is 0.240 e. The number of nitrogens with one attached hydrogen (secondary N) is 2. The molecule has 0 aromatic heterocycles. The zero-order valence-electron chi connectivity index (χ0n) is 16.2. The first-order valence-corrected chi connectivity index (χ1v) is 10.1. The highest BCUT2D eigenvalue weighted by atomic mass is 35.5. The molecular weight excluding hydrogens is 428 g/mol. The monoisotopic (exact) mass is 446 g/mol. The Balaban J connectivity index is 1.60. The standard InChI is InChI=1S/C20H19ClN4O4S/c1-28-15-5-3-4-12(18(15)29-2)11-22-25-20-24-19(27)16(30-20)10-17(26)23-14-8-6-13(21)7-9-14/h3-9,11,16H,10H2,1-2H3,(H,23,26)(H,24,25,27)/b22-11-/t16-/m0/s1. The molecule has 1 aliphatic heterocycles. The average Bonchev–Trinajstić information content (AvgIpc) is 3.08. The Labute approximate surface area is 182 Å². The van der Waals surface area contributed by atoms with E-state index in [0.717, 1.165) is 11.8 Å². The number of halogens is 1. The van der Waals surface area contributed by atoms with E-state index >= 15 is 0 Å². The van der Waals surface area contributed by atoms with Gasteiger partial charge in [0.05, 0.1) is 20.4 Å². The minimum atomic E-state index is -0.586. The van der Waals surface area contributed by atoms with Gasteiger partial charge in [-0.15, -0.1) is 5.10 Å². The third-order valence-electron chi connectivity index (χ3n) is 4.05. The number of hydrogen-bond donors (Lipinski definition) is 2. The third-order valence-corrected chi connectivity index (χ3v) is 5.38. The van der Waals surface area contributed by atoms with E-state index in [-0.39, 0.29) is 18.2 Å². The maximum atomic E-state index is 12.2. The summed E-state index contributed by atoms with van der Waals surface area (Å²) < 4.78 is 10.6. The van der Waals surface area contributed by atoms with E-state index in [4.69, 9.17) is 21.1 Å².